The molecule has 0 aromatic carbocycles. The van der Waals surface area contributed by atoms with Crippen LogP contribution >= 0.6 is 0 Å². The van der Waals surface area contributed by atoms with Crippen molar-refractivity contribution in [3.05, 3.63) is 42.7 Å². The molecule has 2 rings (SSSR count). The first kappa shape index (κ1) is 10.5. The summed E-state index contributed by atoms with van der Waals surface area (Å²) in [5.41, 5.74) is 1.48. The fraction of sp³-hybridized carbons (Fsp3) is 0.0909. The van der Waals surface area contributed by atoms with Crippen LogP contribution in [0.15, 0.2) is 42.7 Å². The van der Waals surface area contributed by atoms with Gasteiger partial charge in [-0.3, -0.25) is 9.97 Å². The normalized spacial score (nSPS) is 10.1. The molecule has 16 heavy (non-hydrogen) atoms. The molecular weight excluding hydrogens is 208 g/mol. The molecule has 0 amide bonds. The highest BCUT2D eigenvalue weighted by molar-refractivity contribution is 5.55. The van der Waals surface area contributed by atoms with Crippen LogP contribution in [0, 0.1) is 0 Å². The summed E-state index contributed by atoms with van der Waals surface area (Å²) in [4.78, 5) is 17.5. The third-order valence-electron chi connectivity index (χ3n) is 1.86. The maximum absolute atomic E-state index is 4.83. The summed E-state index contributed by atoms with van der Waals surface area (Å²) in [6.07, 6.45) is 3.31. The van der Waals surface area contributed by atoms with Crippen LogP contribution in [0.3, 0.4) is 0 Å². The zero-order valence-corrected chi connectivity index (χ0v) is 8.66. The molecule has 2 aromatic heterocycles. The van der Waals surface area contributed by atoms with Crippen LogP contribution in [0.2, 0.25) is 0 Å². The summed E-state index contributed by atoms with van der Waals surface area (Å²) in [5.74, 6) is 0.498. The average molecular weight is 218 g/mol. The van der Waals surface area contributed by atoms with Gasteiger partial charge in [-0.1, -0.05) is 6.07 Å². The number of rotatable bonds is 4. The van der Waals surface area contributed by atoms with Crippen molar-refractivity contribution in [2.75, 3.05) is 7.11 Å². The van der Waals surface area contributed by atoms with Crippen LogP contribution in [0.5, 0.6) is 5.75 Å². The zero-order chi connectivity index (χ0) is 11.2. The molecule has 0 atom stereocenters. The lowest BCUT2D eigenvalue weighted by atomic mass is 10.2. The third-order valence-corrected chi connectivity index (χ3v) is 1.86. The highest BCUT2D eigenvalue weighted by atomic mass is 17.5. The van der Waals surface area contributed by atoms with Crippen molar-refractivity contribution in [1.82, 2.24) is 9.97 Å². The minimum atomic E-state index is 0.498. The second-order valence-electron chi connectivity index (χ2n) is 2.91. The summed E-state index contributed by atoms with van der Waals surface area (Å²) >= 11 is 0. The Bertz CT molecular complexity index is 448. The fourth-order valence-electron chi connectivity index (χ4n) is 1.19. The fourth-order valence-corrected chi connectivity index (χ4v) is 1.19. The van der Waals surface area contributed by atoms with Crippen LogP contribution in [-0.4, -0.2) is 17.1 Å². The number of pyridine rings is 2. The average Bonchev–Trinajstić information content (AvgIpc) is 2.38. The summed E-state index contributed by atoms with van der Waals surface area (Å²) in [7, 11) is 1.36. The molecule has 0 saturated carbocycles. The maximum Gasteiger partial charge on any atom is 0.172 e. The van der Waals surface area contributed by atoms with Crippen LogP contribution < -0.4 is 4.89 Å². The molecule has 0 spiro atoms. The highest BCUT2D eigenvalue weighted by Crippen LogP contribution is 2.19. The summed E-state index contributed by atoms with van der Waals surface area (Å²) in [6, 6.07) is 8.97. The predicted molar refractivity (Wildman–Crippen MR) is 56.2 cm³/mol. The Labute approximate surface area is 92.5 Å². The Morgan fingerprint density at radius 2 is 1.88 bits per heavy atom. The number of nitrogens with zero attached hydrogens (tertiary/aromatic N) is 2. The zero-order valence-electron chi connectivity index (χ0n) is 8.66. The first-order valence-electron chi connectivity index (χ1n) is 4.65. The minimum absolute atomic E-state index is 0.498. The Hall–Kier alpha value is -1.98. The molecule has 2 heterocycles. The van der Waals surface area contributed by atoms with E-state index in [2.05, 4.69) is 19.9 Å². The highest BCUT2D eigenvalue weighted by Gasteiger charge is 2.02. The molecule has 0 fully saturated rings. The molecular formula is C11H10N2O3. The molecule has 0 aliphatic heterocycles. The van der Waals surface area contributed by atoms with Crippen molar-refractivity contribution < 1.29 is 14.8 Å². The molecule has 2 aromatic rings. The van der Waals surface area contributed by atoms with Gasteiger partial charge in [-0.15, -0.1) is 0 Å². The van der Waals surface area contributed by atoms with Gasteiger partial charge in [0.25, 0.3) is 0 Å². The van der Waals surface area contributed by atoms with E-state index < -0.39 is 0 Å². The molecule has 82 valence electrons. The molecule has 5 nitrogen and oxygen atoms in total. The van der Waals surface area contributed by atoms with Gasteiger partial charge in [0.1, 0.15) is 0 Å². The molecule has 0 bridgehead atoms. The molecule has 0 radical (unpaired) electrons. The smallest absolute Gasteiger partial charge is 0.172 e. The van der Waals surface area contributed by atoms with Crippen molar-refractivity contribution in [3.8, 4) is 17.1 Å². The number of hydrogen-bond acceptors (Lipinski definition) is 5. The van der Waals surface area contributed by atoms with E-state index in [1.807, 2.05) is 18.2 Å². The largest absolute Gasteiger partial charge is 0.308 e. The monoisotopic (exact) mass is 218 g/mol. The van der Waals surface area contributed by atoms with Gasteiger partial charge in [-0.05, 0) is 17.2 Å². The molecule has 0 aliphatic rings. The lowest BCUT2D eigenvalue weighted by molar-refractivity contribution is -0.453. The van der Waals surface area contributed by atoms with Crippen molar-refractivity contribution in [2.45, 2.75) is 0 Å². The number of hydrogen-bond donors (Lipinski definition) is 0. The third kappa shape index (κ3) is 2.53. The van der Waals surface area contributed by atoms with E-state index in [9.17, 15) is 0 Å². The van der Waals surface area contributed by atoms with E-state index in [1.165, 1.54) is 7.11 Å². The van der Waals surface area contributed by atoms with E-state index >= 15 is 0 Å². The standard InChI is InChI=1S/C11H10N2O3/c1-14-16-15-9-5-7-13-11(8-9)10-4-2-3-6-12-10/h2-8H,1H3. The predicted octanol–water partition coefficient (Wildman–Crippen LogP) is 2.02. The minimum Gasteiger partial charge on any atom is -0.308 e. The Morgan fingerprint density at radius 1 is 1.00 bits per heavy atom. The Morgan fingerprint density at radius 3 is 2.62 bits per heavy atom. The van der Waals surface area contributed by atoms with E-state index in [0.29, 0.717) is 11.4 Å². The van der Waals surface area contributed by atoms with Crippen LogP contribution in [0.4, 0.5) is 0 Å². The van der Waals surface area contributed by atoms with Gasteiger partial charge >= 0.3 is 0 Å². The second-order valence-corrected chi connectivity index (χ2v) is 2.91. The van der Waals surface area contributed by atoms with Gasteiger partial charge in [0, 0.05) is 24.5 Å². The SMILES string of the molecule is COOOc1ccnc(-c2ccccn2)c1. The van der Waals surface area contributed by atoms with Gasteiger partial charge in [0.05, 0.1) is 18.5 Å². The molecule has 0 aliphatic carbocycles. The van der Waals surface area contributed by atoms with Gasteiger partial charge in [0.2, 0.25) is 0 Å². The van der Waals surface area contributed by atoms with Crippen LogP contribution in [0.1, 0.15) is 0 Å². The summed E-state index contributed by atoms with van der Waals surface area (Å²) in [5, 5.41) is 4.36. The maximum atomic E-state index is 4.83. The van der Waals surface area contributed by atoms with Crippen molar-refractivity contribution in [1.29, 1.82) is 0 Å². The van der Waals surface area contributed by atoms with Crippen molar-refractivity contribution in [3.63, 3.8) is 0 Å². The molecule has 5 heteroatoms. The molecule has 0 N–H and O–H groups in total. The van der Waals surface area contributed by atoms with Gasteiger partial charge in [0.15, 0.2) is 5.75 Å². The van der Waals surface area contributed by atoms with Gasteiger partial charge in [-0.2, -0.15) is 4.89 Å². The van der Waals surface area contributed by atoms with E-state index in [0.717, 1.165) is 5.69 Å². The van der Waals surface area contributed by atoms with E-state index in [1.54, 1.807) is 24.5 Å². The summed E-state index contributed by atoms with van der Waals surface area (Å²) < 4.78 is 0. The number of aromatic nitrogens is 2. The lowest BCUT2D eigenvalue weighted by Gasteiger charge is -2.03. The Kier molecular flexibility index (Phi) is 3.42. The second kappa shape index (κ2) is 5.20. The summed E-state index contributed by atoms with van der Waals surface area (Å²) in [6.45, 7) is 0. The van der Waals surface area contributed by atoms with Crippen molar-refractivity contribution in [2.24, 2.45) is 0 Å². The first-order chi connectivity index (χ1) is 7.90. The van der Waals surface area contributed by atoms with E-state index in [-0.39, 0.29) is 0 Å². The molecule has 0 unspecified atom stereocenters. The van der Waals surface area contributed by atoms with Crippen LogP contribution in [-0.2, 0) is 9.93 Å². The quantitative estimate of drug-likeness (QED) is 0.580. The molecule has 0 saturated heterocycles. The topological polar surface area (TPSA) is 53.5 Å². The van der Waals surface area contributed by atoms with Crippen LogP contribution in [0.25, 0.3) is 11.4 Å². The van der Waals surface area contributed by atoms with E-state index in [4.69, 9.17) is 4.89 Å². The van der Waals surface area contributed by atoms with Gasteiger partial charge in [-0.25, -0.2) is 0 Å². The first-order valence-corrected chi connectivity index (χ1v) is 4.65. The van der Waals surface area contributed by atoms with Crippen molar-refractivity contribution >= 4 is 0 Å². The lowest BCUT2D eigenvalue weighted by Crippen LogP contribution is -1.96. The Balaban J connectivity index is 2.22. The van der Waals surface area contributed by atoms with Gasteiger partial charge < -0.3 is 4.89 Å².